The van der Waals surface area contributed by atoms with Crippen LogP contribution in [0.15, 0.2) is 33.9 Å². The lowest BCUT2D eigenvalue weighted by Gasteiger charge is -2.35. The van der Waals surface area contributed by atoms with Crippen molar-refractivity contribution in [3.05, 3.63) is 62.2 Å². The van der Waals surface area contributed by atoms with Crippen molar-refractivity contribution in [3.8, 4) is 0 Å². The summed E-state index contributed by atoms with van der Waals surface area (Å²) < 4.78 is 23.1. The first-order chi connectivity index (χ1) is 15.0. The number of likely N-dealkylation sites (tertiary alicyclic amines) is 1. The topological polar surface area (TPSA) is 69.4 Å². The van der Waals surface area contributed by atoms with Crippen LogP contribution in [0, 0.1) is 11.7 Å². The van der Waals surface area contributed by atoms with Gasteiger partial charge in [0.05, 0.1) is 6.54 Å². The Kier molecular flexibility index (Phi) is 5.52. The van der Waals surface area contributed by atoms with Gasteiger partial charge in [0.25, 0.3) is 0 Å². The van der Waals surface area contributed by atoms with E-state index in [1.807, 2.05) is 6.07 Å². The monoisotopic (exact) mass is 428 g/mol. The zero-order valence-electron chi connectivity index (χ0n) is 17.8. The van der Waals surface area contributed by atoms with Crippen LogP contribution in [-0.2, 0) is 31.0 Å². The summed E-state index contributed by atoms with van der Waals surface area (Å²) in [5.74, 6) is 0.731. The molecule has 1 unspecified atom stereocenters. The molecule has 1 aromatic carbocycles. The molecule has 1 aromatic heterocycles. The van der Waals surface area contributed by atoms with Gasteiger partial charge in [-0.3, -0.25) is 19.1 Å². The molecule has 1 atom stereocenters. The molecule has 3 aliphatic rings. The number of rotatable bonds is 4. The van der Waals surface area contributed by atoms with Crippen molar-refractivity contribution in [2.24, 2.45) is 5.92 Å². The Morgan fingerprint density at radius 1 is 1.10 bits per heavy atom. The summed E-state index contributed by atoms with van der Waals surface area (Å²) in [7, 11) is 0. The van der Waals surface area contributed by atoms with Gasteiger partial charge in [0.1, 0.15) is 18.0 Å². The van der Waals surface area contributed by atoms with E-state index in [0.29, 0.717) is 43.5 Å². The van der Waals surface area contributed by atoms with Crippen LogP contribution in [0.25, 0.3) is 0 Å². The van der Waals surface area contributed by atoms with Gasteiger partial charge in [0.2, 0.25) is 0 Å². The van der Waals surface area contributed by atoms with Crippen LogP contribution < -0.4 is 11.1 Å². The average molecular weight is 429 g/mol. The molecule has 2 fully saturated rings. The summed E-state index contributed by atoms with van der Waals surface area (Å²) in [5, 5.41) is 4.50. The number of aromatic nitrogens is 3. The van der Waals surface area contributed by atoms with Gasteiger partial charge in [0.15, 0.2) is 5.82 Å². The number of fused-ring (bicyclic) bond motifs is 1. The van der Waals surface area contributed by atoms with Crippen LogP contribution in [0.2, 0.25) is 0 Å². The fraction of sp³-hybridized carbons (Fsp3) is 0.609. The highest BCUT2D eigenvalue weighted by molar-refractivity contribution is 5.17. The van der Waals surface area contributed by atoms with Gasteiger partial charge in [-0.05, 0) is 31.2 Å². The Bertz CT molecular complexity index is 1080. The molecule has 0 radical (unpaired) electrons. The lowest BCUT2D eigenvalue weighted by Crippen LogP contribution is -2.53. The molecule has 1 saturated heterocycles. The minimum Gasteiger partial charge on any atom is -0.364 e. The highest BCUT2D eigenvalue weighted by Crippen LogP contribution is 2.32. The molecular formula is C23H29FN4O3. The first kappa shape index (κ1) is 20.6. The van der Waals surface area contributed by atoms with E-state index in [4.69, 9.17) is 4.74 Å². The third-order valence-electron chi connectivity index (χ3n) is 7.07. The van der Waals surface area contributed by atoms with Gasteiger partial charge >= 0.3 is 11.1 Å². The van der Waals surface area contributed by atoms with E-state index in [0.717, 1.165) is 25.8 Å². The van der Waals surface area contributed by atoms with Crippen molar-refractivity contribution in [1.82, 2.24) is 19.2 Å². The lowest BCUT2D eigenvalue weighted by molar-refractivity contribution is -0.0860. The maximum absolute atomic E-state index is 14.0. The molecule has 7 nitrogen and oxygen atoms in total. The van der Waals surface area contributed by atoms with Crippen LogP contribution in [0.4, 0.5) is 4.39 Å². The third kappa shape index (κ3) is 4.11. The number of benzene rings is 1. The number of hydrogen-bond acceptors (Lipinski definition) is 5. The fourth-order valence-corrected chi connectivity index (χ4v) is 5.32. The Labute approximate surface area is 180 Å². The second-order valence-corrected chi connectivity index (χ2v) is 9.32. The zero-order valence-corrected chi connectivity index (χ0v) is 17.8. The number of ether oxygens (including phenoxy) is 1. The van der Waals surface area contributed by atoms with E-state index >= 15 is 0 Å². The molecule has 8 heteroatoms. The molecule has 1 spiro atoms. The first-order valence-corrected chi connectivity index (χ1v) is 11.3. The lowest BCUT2D eigenvalue weighted by atomic mass is 9.89. The summed E-state index contributed by atoms with van der Waals surface area (Å²) in [6, 6.07) is 6.78. The zero-order chi connectivity index (χ0) is 21.4. The predicted molar refractivity (Wildman–Crippen MR) is 113 cm³/mol. The average Bonchev–Trinajstić information content (AvgIpc) is 3.17. The van der Waals surface area contributed by atoms with Gasteiger partial charge in [-0.2, -0.15) is 5.10 Å². The molecule has 2 aliphatic heterocycles. The molecule has 3 heterocycles. The summed E-state index contributed by atoms with van der Waals surface area (Å²) in [6.45, 7) is 2.91. The normalized spacial score (nSPS) is 24.5. The van der Waals surface area contributed by atoms with Gasteiger partial charge in [0, 0.05) is 31.7 Å². The second-order valence-electron chi connectivity index (χ2n) is 9.32. The predicted octanol–water partition coefficient (Wildman–Crippen LogP) is 2.30. The maximum Gasteiger partial charge on any atom is 0.332 e. The van der Waals surface area contributed by atoms with Gasteiger partial charge in [-0.25, -0.2) is 9.07 Å². The van der Waals surface area contributed by atoms with Crippen LogP contribution >= 0.6 is 0 Å². The molecule has 31 heavy (non-hydrogen) atoms. The van der Waals surface area contributed by atoms with E-state index < -0.39 is 16.7 Å². The highest BCUT2D eigenvalue weighted by Gasteiger charge is 2.43. The van der Waals surface area contributed by atoms with E-state index in [1.54, 1.807) is 12.1 Å². The first-order valence-electron chi connectivity index (χ1n) is 11.3. The Morgan fingerprint density at radius 2 is 1.90 bits per heavy atom. The smallest absolute Gasteiger partial charge is 0.332 e. The van der Waals surface area contributed by atoms with E-state index in [1.165, 1.54) is 34.6 Å². The van der Waals surface area contributed by atoms with Crippen molar-refractivity contribution in [1.29, 1.82) is 0 Å². The van der Waals surface area contributed by atoms with Crippen LogP contribution in [0.1, 0.15) is 49.9 Å². The summed E-state index contributed by atoms with van der Waals surface area (Å²) in [6.07, 6.45) is 6.51. The molecular weight excluding hydrogens is 399 g/mol. The maximum atomic E-state index is 14.0. The van der Waals surface area contributed by atoms with E-state index in [2.05, 4.69) is 10.00 Å². The molecule has 0 amide bonds. The van der Waals surface area contributed by atoms with Gasteiger partial charge < -0.3 is 4.74 Å². The molecule has 2 aromatic rings. The number of halogens is 1. The quantitative estimate of drug-likeness (QED) is 0.699. The standard InChI is InChI=1S/C23H29FN4O3/c24-19-9-5-4-8-18(19)13-26-11-10-23(15-26)16-27-20(14-31-23)25-28(22(30)21(27)29)12-17-6-2-1-3-7-17/h4-5,8-9,17H,1-3,6-7,10-16H2. The molecule has 5 rings (SSSR count). The SMILES string of the molecule is O=c1c(=O)n2c(nn1CC1CCCCC1)COC1(CCN(Cc3ccccc3F)C1)C2. The van der Waals surface area contributed by atoms with Crippen molar-refractivity contribution in [3.63, 3.8) is 0 Å². The Morgan fingerprint density at radius 3 is 2.71 bits per heavy atom. The molecule has 1 saturated carbocycles. The van der Waals surface area contributed by atoms with Crippen LogP contribution in [-0.4, -0.2) is 37.9 Å². The minimum absolute atomic E-state index is 0.211. The van der Waals surface area contributed by atoms with Crippen molar-refractivity contribution < 1.29 is 9.13 Å². The molecule has 1 aliphatic carbocycles. The van der Waals surface area contributed by atoms with Crippen LogP contribution in [0.3, 0.4) is 0 Å². The van der Waals surface area contributed by atoms with Crippen LogP contribution in [0.5, 0.6) is 0 Å². The highest BCUT2D eigenvalue weighted by atomic mass is 19.1. The third-order valence-corrected chi connectivity index (χ3v) is 7.07. The summed E-state index contributed by atoms with van der Waals surface area (Å²) in [5.41, 5.74) is -0.921. The number of hydrogen-bond donors (Lipinski definition) is 0. The summed E-state index contributed by atoms with van der Waals surface area (Å²) >= 11 is 0. The van der Waals surface area contributed by atoms with Crippen molar-refractivity contribution in [2.45, 2.75) is 70.4 Å². The Balaban J connectivity index is 1.32. The largest absolute Gasteiger partial charge is 0.364 e. The molecule has 166 valence electrons. The minimum atomic E-state index is -0.536. The fourth-order valence-electron chi connectivity index (χ4n) is 5.32. The van der Waals surface area contributed by atoms with Gasteiger partial charge in [-0.15, -0.1) is 0 Å². The van der Waals surface area contributed by atoms with E-state index in [-0.39, 0.29) is 12.4 Å². The Hall–Kier alpha value is -2.32. The second kappa shape index (κ2) is 8.31. The molecule has 0 N–H and O–H groups in total. The van der Waals surface area contributed by atoms with Crippen molar-refractivity contribution in [2.75, 3.05) is 13.1 Å². The van der Waals surface area contributed by atoms with Crippen molar-refractivity contribution >= 4 is 0 Å². The number of nitrogens with zero attached hydrogens (tertiary/aromatic N) is 4. The van der Waals surface area contributed by atoms with Gasteiger partial charge in [-0.1, -0.05) is 37.5 Å². The summed E-state index contributed by atoms with van der Waals surface area (Å²) in [4.78, 5) is 27.8. The van der Waals surface area contributed by atoms with E-state index in [9.17, 15) is 14.0 Å². The molecule has 0 bridgehead atoms.